The summed E-state index contributed by atoms with van der Waals surface area (Å²) >= 11 is 0. The van der Waals surface area contributed by atoms with E-state index in [1.807, 2.05) is 7.05 Å². The van der Waals surface area contributed by atoms with Crippen LogP contribution >= 0.6 is 0 Å². The summed E-state index contributed by atoms with van der Waals surface area (Å²) in [7, 11) is 2.03. The first kappa shape index (κ1) is 18.9. The fourth-order valence-electron chi connectivity index (χ4n) is 3.66. The number of aliphatic hydroxyl groups is 1. The summed E-state index contributed by atoms with van der Waals surface area (Å²) in [5.41, 5.74) is -0.799. The maximum Gasteiger partial charge on any atom is 0.253 e. The van der Waals surface area contributed by atoms with E-state index in [2.05, 4.69) is 20.2 Å². The highest BCUT2D eigenvalue weighted by atomic mass is 16.3. The van der Waals surface area contributed by atoms with Crippen molar-refractivity contribution in [3.05, 3.63) is 49.4 Å². The number of carbonyl (C=O) groups is 1. The largest absolute Gasteiger partial charge is 0.515 e. The van der Waals surface area contributed by atoms with E-state index in [0.29, 0.717) is 6.26 Å². The number of nitrogens with zero attached hydrogens (tertiary/aromatic N) is 2. The fraction of sp³-hybridized carbons (Fsp3) is 0.300. The van der Waals surface area contributed by atoms with E-state index in [1.54, 1.807) is 0 Å². The summed E-state index contributed by atoms with van der Waals surface area (Å²) in [5, 5.41) is 22.2. The van der Waals surface area contributed by atoms with Gasteiger partial charge in [-0.1, -0.05) is 0 Å². The van der Waals surface area contributed by atoms with E-state index in [-0.39, 0.29) is 44.8 Å². The second-order valence-electron chi connectivity index (χ2n) is 7.28. The van der Waals surface area contributed by atoms with Crippen molar-refractivity contribution in [2.24, 2.45) is 0 Å². The minimum atomic E-state index is -0.574. The predicted octanol–water partition coefficient (Wildman–Crippen LogP) is -0.0190. The van der Waals surface area contributed by atoms with Crippen molar-refractivity contribution in [2.45, 2.75) is 18.9 Å². The molecule has 1 amide bonds. The van der Waals surface area contributed by atoms with E-state index in [0.717, 1.165) is 32.0 Å². The number of benzene rings is 2. The van der Waals surface area contributed by atoms with Crippen molar-refractivity contribution in [3.8, 4) is 5.75 Å². The highest BCUT2D eigenvalue weighted by Crippen LogP contribution is 2.17. The van der Waals surface area contributed by atoms with Crippen LogP contribution in [0.25, 0.3) is 28.3 Å². The quantitative estimate of drug-likeness (QED) is 0.447. The molecule has 2 aromatic carbocycles. The number of aromatic hydroxyl groups is 1. The van der Waals surface area contributed by atoms with Crippen LogP contribution in [0.15, 0.2) is 27.8 Å². The molecular weight excluding hydrogens is 376 g/mol. The molecule has 0 spiro atoms. The zero-order chi connectivity index (χ0) is 20.7. The summed E-state index contributed by atoms with van der Waals surface area (Å²) in [6, 6.07) is 3.61. The van der Waals surface area contributed by atoms with Crippen molar-refractivity contribution >= 4 is 34.2 Å². The molecule has 4 rings (SSSR count). The van der Waals surface area contributed by atoms with Crippen LogP contribution in [0.4, 0.5) is 0 Å². The molecule has 150 valence electrons. The molecule has 0 bridgehead atoms. The number of piperidine rings is 1. The molecule has 2 heterocycles. The Hall–Kier alpha value is -3.46. The average molecular weight is 396 g/mol. The van der Waals surface area contributed by atoms with Crippen LogP contribution in [0.3, 0.4) is 0 Å². The number of aliphatic hydroxyl groups excluding tert-OH is 1. The SMILES string of the molecule is CN1CCC(NC(=O)c2ccc(=O)c3nc4/c(=C\O)c(O)cc(=O)c4[nH]c23)CC1. The molecule has 0 radical (unpaired) electrons. The lowest BCUT2D eigenvalue weighted by Crippen LogP contribution is -2.43. The molecule has 9 nitrogen and oxygen atoms in total. The smallest absolute Gasteiger partial charge is 0.253 e. The number of phenolic OH excluding ortho intramolecular Hbond substituents is 1. The van der Waals surface area contributed by atoms with Crippen molar-refractivity contribution in [1.82, 2.24) is 20.2 Å². The van der Waals surface area contributed by atoms with Gasteiger partial charge in [0.05, 0.1) is 22.6 Å². The van der Waals surface area contributed by atoms with Crippen LogP contribution in [0.5, 0.6) is 5.75 Å². The van der Waals surface area contributed by atoms with E-state index in [4.69, 9.17) is 0 Å². The fourth-order valence-corrected chi connectivity index (χ4v) is 3.66. The van der Waals surface area contributed by atoms with Crippen LogP contribution in [0.2, 0.25) is 0 Å². The van der Waals surface area contributed by atoms with Crippen LogP contribution in [-0.4, -0.2) is 57.2 Å². The number of hydrogen-bond donors (Lipinski definition) is 4. The lowest BCUT2D eigenvalue weighted by atomic mass is 10.0. The monoisotopic (exact) mass is 396 g/mol. The Morgan fingerprint density at radius 1 is 1.21 bits per heavy atom. The number of hydrogen-bond acceptors (Lipinski definition) is 7. The van der Waals surface area contributed by atoms with Gasteiger partial charge in [0, 0.05) is 12.1 Å². The molecule has 1 aliphatic rings. The number of fused-ring (bicyclic) bond motifs is 2. The first-order valence-corrected chi connectivity index (χ1v) is 9.25. The standard InChI is InChI=1S/C20H20N4O5/c1-24-6-4-10(5-7-24)21-20(29)11-2-3-13(26)18-16(11)22-19-15(28)8-14(27)12(9-25)17(19)23-18/h2-3,8-10,22,25,27H,4-7H2,1H3,(H,21,29)/b12-9-. The van der Waals surface area contributed by atoms with Gasteiger partial charge in [0.1, 0.15) is 22.3 Å². The minimum absolute atomic E-state index is 0.0189. The van der Waals surface area contributed by atoms with Gasteiger partial charge in [-0.25, -0.2) is 4.98 Å². The Labute approximate surface area is 164 Å². The summed E-state index contributed by atoms with van der Waals surface area (Å²) in [6.45, 7) is 1.76. The number of phenols is 1. The number of likely N-dealkylation sites (tertiary alicyclic amines) is 1. The first-order chi connectivity index (χ1) is 13.9. The molecule has 0 unspecified atom stereocenters. The summed E-state index contributed by atoms with van der Waals surface area (Å²) in [6.07, 6.45) is 2.26. The van der Waals surface area contributed by atoms with E-state index < -0.39 is 16.6 Å². The predicted molar refractivity (Wildman–Crippen MR) is 108 cm³/mol. The minimum Gasteiger partial charge on any atom is -0.515 e. The van der Waals surface area contributed by atoms with Gasteiger partial charge in [-0.05, 0) is 45.1 Å². The third kappa shape index (κ3) is 3.29. The number of carbonyl (C=O) groups excluding carboxylic acids is 1. The van der Waals surface area contributed by atoms with E-state index in [1.165, 1.54) is 12.1 Å². The van der Waals surface area contributed by atoms with Gasteiger partial charge in [-0.3, -0.25) is 14.4 Å². The number of H-pyrrole nitrogens is 1. The Kier molecular flexibility index (Phi) is 4.67. The van der Waals surface area contributed by atoms with Gasteiger partial charge in [0.2, 0.25) is 10.9 Å². The van der Waals surface area contributed by atoms with Gasteiger partial charge in [-0.2, -0.15) is 0 Å². The Bertz CT molecular complexity index is 1290. The zero-order valence-corrected chi connectivity index (χ0v) is 15.7. The van der Waals surface area contributed by atoms with Crippen molar-refractivity contribution in [1.29, 1.82) is 0 Å². The van der Waals surface area contributed by atoms with Crippen LogP contribution < -0.4 is 21.4 Å². The normalized spacial score (nSPS) is 16.5. The highest BCUT2D eigenvalue weighted by molar-refractivity contribution is 6.06. The average Bonchev–Trinajstić information content (AvgIpc) is 2.69. The number of nitrogens with one attached hydrogen (secondary N) is 2. The molecule has 4 N–H and O–H groups in total. The zero-order valence-electron chi connectivity index (χ0n) is 15.7. The second kappa shape index (κ2) is 7.17. The van der Waals surface area contributed by atoms with Crippen molar-refractivity contribution < 1.29 is 15.0 Å². The highest BCUT2D eigenvalue weighted by Gasteiger charge is 2.22. The third-order valence-electron chi connectivity index (χ3n) is 5.32. The lowest BCUT2D eigenvalue weighted by Gasteiger charge is -2.29. The van der Waals surface area contributed by atoms with Gasteiger partial charge in [0.15, 0.2) is 0 Å². The van der Waals surface area contributed by atoms with Gasteiger partial charge in [-0.15, -0.1) is 0 Å². The van der Waals surface area contributed by atoms with E-state index in [9.17, 15) is 24.6 Å². The summed E-state index contributed by atoms with van der Waals surface area (Å²) in [4.78, 5) is 46.8. The molecule has 1 aliphatic heterocycles. The number of amides is 1. The molecule has 3 aromatic rings. The molecule has 9 heteroatoms. The summed E-state index contributed by atoms with van der Waals surface area (Å²) in [5.74, 6) is -0.809. The topological polar surface area (TPSA) is 136 Å². The van der Waals surface area contributed by atoms with Gasteiger partial charge < -0.3 is 25.4 Å². The van der Waals surface area contributed by atoms with Crippen LogP contribution in [0, 0.1) is 0 Å². The molecule has 1 fully saturated rings. The Morgan fingerprint density at radius 3 is 2.62 bits per heavy atom. The number of aromatic amines is 1. The Morgan fingerprint density at radius 2 is 1.93 bits per heavy atom. The van der Waals surface area contributed by atoms with Crippen LogP contribution in [0.1, 0.15) is 23.2 Å². The Balaban J connectivity index is 1.87. The molecule has 1 saturated heterocycles. The lowest BCUT2D eigenvalue weighted by molar-refractivity contribution is 0.0918. The molecule has 0 aliphatic carbocycles. The van der Waals surface area contributed by atoms with Crippen LogP contribution in [-0.2, 0) is 0 Å². The number of rotatable bonds is 2. The van der Waals surface area contributed by atoms with Gasteiger partial charge >= 0.3 is 0 Å². The molecule has 0 saturated carbocycles. The van der Waals surface area contributed by atoms with Crippen molar-refractivity contribution in [2.75, 3.05) is 20.1 Å². The molecule has 1 aromatic heterocycles. The van der Waals surface area contributed by atoms with Gasteiger partial charge in [0.25, 0.3) is 5.91 Å². The first-order valence-electron chi connectivity index (χ1n) is 9.25. The maximum absolute atomic E-state index is 12.9. The van der Waals surface area contributed by atoms with E-state index >= 15 is 0 Å². The third-order valence-corrected chi connectivity index (χ3v) is 5.32. The second-order valence-corrected chi connectivity index (χ2v) is 7.28. The molecular formula is C20H20N4O5. The summed E-state index contributed by atoms with van der Waals surface area (Å²) < 4.78 is 0. The molecule has 29 heavy (non-hydrogen) atoms. The molecule has 0 atom stereocenters. The maximum atomic E-state index is 12.9. The number of aromatic nitrogens is 2. The van der Waals surface area contributed by atoms with Crippen molar-refractivity contribution in [3.63, 3.8) is 0 Å².